The number of nitriles is 1. The summed E-state index contributed by atoms with van der Waals surface area (Å²) in [7, 11) is 0. The van der Waals surface area contributed by atoms with Crippen molar-refractivity contribution in [3.05, 3.63) is 51.5 Å². The van der Waals surface area contributed by atoms with Gasteiger partial charge < -0.3 is 4.98 Å². The van der Waals surface area contributed by atoms with Gasteiger partial charge in [-0.1, -0.05) is 29.8 Å². The van der Waals surface area contributed by atoms with Crippen molar-refractivity contribution in [3.8, 4) is 17.3 Å². The minimum atomic E-state index is -0.465. The Hall–Kier alpha value is -2.12. The molecule has 5 heteroatoms. The summed E-state index contributed by atoms with van der Waals surface area (Å²) in [5.74, 6) is 0. The fourth-order valence-corrected chi connectivity index (χ4v) is 1.59. The minimum absolute atomic E-state index is 0.0319. The lowest BCUT2D eigenvalue weighted by Crippen LogP contribution is -2.12. The summed E-state index contributed by atoms with van der Waals surface area (Å²) in [6.45, 7) is 0. The number of H-pyrrole nitrogens is 1. The fourth-order valence-electron chi connectivity index (χ4n) is 1.36. The molecule has 1 aromatic heterocycles. The van der Waals surface area contributed by atoms with E-state index in [0.717, 1.165) is 0 Å². The Balaban J connectivity index is 2.76. The number of rotatable bonds is 1. The first kappa shape index (κ1) is 10.4. The van der Waals surface area contributed by atoms with Crippen LogP contribution >= 0.6 is 11.6 Å². The zero-order valence-corrected chi connectivity index (χ0v) is 8.82. The second-order valence-electron chi connectivity index (χ2n) is 3.05. The van der Waals surface area contributed by atoms with Crippen LogP contribution in [-0.2, 0) is 0 Å². The van der Waals surface area contributed by atoms with Gasteiger partial charge in [-0.3, -0.25) is 4.79 Å². The van der Waals surface area contributed by atoms with Gasteiger partial charge in [0.25, 0.3) is 5.56 Å². The monoisotopic (exact) mass is 231 g/mol. The van der Waals surface area contributed by atoms with Crippen LogP contribution in [0.25, 0.3) is 11.3 Å². The van der Waals surface area contributed by atoms with Gasteiger partial charge >= 0.3 is 0 Å². The molecule has 0 unspecified atom stereocenters. The third kappa shape index (κ3) is 1.69. The van der Waals surface area contributed by atoms with E-state index in [1.807, 2.05) is 6.07 Å². The lowest BCUT2D eigenvalue weighted by molar-refractivity contribution is 1.11. The molecule has 0 saturated heterocycles. The summed E-state index contributed by atoms with van der Waals surface area (Å²) in [5, 5.41) is 9.35. The van der Waals surface area contributed by atoms with Crippen molar-refractivity contribution in [3.63, 3.8) is 0 Å². The first-order valence-electron chi connectivity index (χ1n) is 4.46. The number of benzene rings is 1. The van der Waals surface area contributed by atoms with Crippen LogP contribution in [0.2, 0.25) is 5.02 Å². The van der Waals surface area contributed by atoms with Crippen molar-refractivity contribution in [2.24, 2.45) is 0 Å². The van der Waals surface area contributed by atoms with Crippen molar-refractivity contribution in [1.82, 2.24) is 9.97 Å². The van der Waals surface area contributed by atoms with Gasteiger partial charge in [-0.25, -0.2) is 4.98 Å². The van der Waals surface area contributed by atoms with Crippen molar-refractivity contribution in [1.29, 1.82) is 5.26 Å². The lowest BCUT2D eigenvalue weighted by Gasteiger charge is -2.03. The van der Waals surface area contributed by atoms with Crippen LogP contribution in [0.3, 0.4) is 0 Å². The van der Waals surface area contributed by atoms with Gasteiger partial charge in [0, 0.05) is 5.56 Å². The Bertz CT molecular complexity index is 628. The zero-order chi connectivity index (χ0) is 11.5. The highest BCUT2D eigenvalue weighted by molar-refractivity contribution is 6.33. The molecule has 1 heterocycles. The molecule has 2 rings (SSSR count). The van der Waals surface area contributed by atoms with Crippen LogP contribution in [-0.4, -0.2) is 9.97 Å². The van der Waals surface area contributed by atoms with E-state index in [2.05, 4.69) is 9.97 Å². The molecular weight excluding hydrogens is 226 g/mol. The quantitative estimate of drug-likeness (QED) is 0.816. The first-order valence-corrected chi connectivity index (χ1v) is 4.84. The average Bonchev–Trinajstić information content (AvgIpc) is 2.29. The Morgan fingerprint density at radius 3 is 2.81 bits per heavy atom. The van der Waals surface area contributed by atoms with Crippen molar-refractivity contribution in [2.75, 3.05) is 0 Å². The van der Waals surface area contributed by atoms with E-state index in [1.165, 1.54) is 6.33 Å². The average molecular weight is 232 g/mol. The second kappa shape index (κ2) is 4.17. The first-order chi connectivity index (χ1) is 7.74. The van der Waals surface area contributed by atoms with E-state index < -0.39 is 5.56 Å². The molecule has 0 fully saturated rings. The summed E-state index contributed by atoms with van der Waals surface area (Å²) in [6.07, 6.45) is 1.25. The molecule has 0 bridgehead atoms. The highest BCUT2D eigenvalue weighted by Gasteiger charge is 2.12. The predicted molar refractivity (Wildman–Crippen MR) is 60.0 cm³/mol. The Morgan fingerprint density at radius 1 is 1.38 bits per heavy atom. The molecule has 0 saturated carbocycles. The van der Waals surface area contributed by atoms with E-state index in [-0.39, 0.29) is 5.56 Å². The van der Waals surface area contributed by atoms with Crippen LogP contribution in [0.1, 0.15) is 5.56 Å². The van der Waals surface area contributed by atoms with Gasteiger partial charge in [0.15, 0.2) is 0 Å². The largest absolute Gasteiger partial charge is 0.312 e. The van der Waals surface area contributed by atoms with E-state index in [1.54, 1.807) is 24.3 Å². The summed E-state index contributed by atoms with van der Waals surface area (Å²) in [6, 6.07) is 8.76. The van der Waals surface area contributed by atoms with E-state index in [0.29, 0.717) is 16.3 Å². The summed E-state index contributed by atoms with van der Waals surface area (Å²) < 4.78 is 0. The number of aromatic nitrogens is 2. The number of aromatic amines is 1. The van der Waals surface area contributed by atoms with Crippen LogP contribution in [0, 0.1) is 11.3 Å². The number of hydrogen-bond donors (Lipinski definition) is 1. The third-order valence-corrected chi connectivity index (χ3v) is 2.42. The number of hydrogen-bond acceptors (Lipinski definition) is 3. The highest BCUT2D eigenvalue weighted by atomic mass is 35.5. The maximum Gasteiger partial charge on any atom is 0.269 e. The standard InChI is InChI=1S/C11H6ClN3O/c12-9-4-2-1-3-7(9)10-8(5-13)11(16)15-6-14-10/h1-4,6H,(H,14,15,16). The van der Waals surface area contributed by atoms with E-state index >= 15 is 0 Å². The van der Waals surface area contributed by atoms with E-state index in [9.17, 15) is 4.79 Å². The molecule has 0 aliphatic heterocycles. The maximum absolute atomic E-state index is 11.4. The molecule has 0 aliphatic rings. The molecule has 0 atom stereocenters. The molecule has 1 N–H and O–H groups in total. The van der Waals surface area contributed by atoms with Gasteiger partial charge in [0.05, 0.1) is 17.0 Å². The van der Waals surface area contributed by atoms with Gasteiger partial charge in [-0.15, -0.1) is 0 Å². The van der Waals surface area contributed by atoms with Crippen molar-refractivity contribution in [2.45, 2.75) is 0 Å². The molecule has 0 radical (unpaired) electrons. The van der Waals surface area contributed by atoms with E-state index in [4.69, 9.17) is 16.9 Å². The number of nitrogens with one attached hydrogen (secondary N) is 1. The molecule has 0 aliphatic carbocycles. The molecule has 1 aromatic carbocycles. The Labute approximate surface area is 96.2 Å². The smallest absolute Gasteiger partial charge is 0.269 e. The van der Waals surface area contributed by atoms with Crippen molar-refractivity contribution < 1.29 is 0 Å². The molecular formula is C11H6ClN3O. The number of nitrogens with zero attached hydrogens (tertiary/aromatic N) is 2. The third-order valence-electron chi connectivity index (χ3n) is 2.09. The van der Waals surface area contributed by atoms with Crippen LogP contribution in [0.5, 0.6) is 0 Å². The molecule has 2 aromatic rings. The maximum atomic E-state index is 11.4. The topological polar surface area (TPSA) is 69.5 Å². The molecule has 78 valence electrons. The fraction of sp³-hybridized carbons (Fsp3) is 0. The van der Waals surface area contributed by atoms with Crippen LogP contribution < -0.4 is 5.56 Å². The highest BCUT2D eigenvalue weighted by Crippen LogP contribution is 2.26. The molecule has 16 heavy (non-hydrogen) atoms. The van der Waals surface area contributed by atoms with Gasteiger partial charge in [0.2, 0.25) is 0 Å². The zero-order valence-electron chi connectivity index (χ0n) is 8.07. The molecule has 0 amide bonds. The predicted octanol–water partition coefficient (Wildman–Crippen LogP) is 1.96. The Kier molecular flexibility index (Phi) is 2.71. The Morgan fingerprint density at radius 2 is 2.12 bits per heavy atom. The normalized spacial score (nSPS) is 9.75. The molecule has 0 spiro atoms. The SMILES string of the molecule is N#Cc1c(-c2ccccc2Cl)nc[nH]c1=O. The second-order valence-corrected chi connectivity index (χ2v) is 3.45. The summed E-state index contributed by atoms with van der Waals surface area (Å²) >= 11 is 5.98. The minimum Gasteiger partial charge on any atom is -0.312 e. The molecule has 4 nitrogen and oxygen atoms in total. The van der Waals surface area contributed by atoms with Gasteiger partial charge in [-0.05, 0) is 6.07 Å². The number of halogens is 1. The summed E-state index contributed by atoms with van der Waals surface area (Å²) in [4.78, 5) is 17.7. The van der Waals surface area contributed by atoms with Crippen molar-refractivity contribution >= 4 is 11.6 Å². The van der Waals surface area contributed by atoms with Gasteiger partial charge in [0.1, 0.15) is 11.6 Å². The van der Waals surface area contributed by atoms with Crippen LogP contribution in [0.4, 0.5) is 0 Å². The lowest BCUT2D eigenvalue weighted by atomic mass is 10.1. The van der Waals surface area contributed by atoms with Crippen LogP contribution in [0.15, 0.2) is 35.4 Å². The summed E-state index contributed by atoms with van der Waals surface area (Å²) in [5.41, 5.74) is 0.381. The van der Waals surface area contributed by atoms with Gasteiger partial charge in [-0.2, -0.15) is 5.26 Å².